The monoisotopic (exact) mass is 468 g/mol. The number of ether oxygens (including phenoxy) is 2. The summed E-state index contributed by atoms with van der Waals surface area (Å²) in [6, 6.07) is 8.61. The number of benzene rings is 2. The molecule has 0 heterocycles. The fourth-order valence-corrected chi connectivity index (χ4v) is 2.75. The van der Waals surface area contributed by atoms with E-state index in [4.69, 9.17) is 32.7 Å². The minimum absolute atomic E-state index is 0.0147. The Balaban J connectivity index is 1.88. The molecular weight excluding hydrogens is 451 g/mol. The minimum atomic E-state index is -0.633. The molecule has 0 aromatic heterocycles. The van der Waals surface area contributed by atoms with Gasteiger partial charge in [0.1, 0.15) is 17.2 Å². The summed E-state index contributed by atoms with van der Waals surface area (Å²) in [7, 11) is 1.38. The van der Waals surface area contributed by atoms with Crippen molar-refractivity contribution >= 4 is 52.1 Å². The normalized spacial score (nSPS) is 10.9. The van der Waals surface area contributed by atoms with Crippen LogP contribution in [0.5, 0.6) is 11.5 Å². The second-order valence-corrected chi connectivity index (χ2v) is 6.95. The van der Waals surface area contributed by atoms with Gasteiger partial charge in [-0.15, -0.1) is 0 Å². The quantitative estimate of drug-likeness (QED) is 0.326. The number of carbonyl (C=O) groups is 2. The van der Waals surface area contributed by atoms with Crippen LogP contribution in [0, 0.1) is 10.1 Å². The minimum Gasteiger partial charge on any atom is -0.496 e. The van der Waals surface area contributed by atoms with Gasteiger partial charge in [-0.2, -0.15) is 5.10 Å². The van der Waals surface area contributed by atoms with Gasteiger partial charge in [0.2, 0.25) is 5.91 Å². The van der Waals surface area contributed by atoms with E-state index in [0.717, 1.165) is 0 Å². The van der Waals surface area contributed by atoms with Crippen LogP contribution >= 0.6 is 23.2 Å². The van der Waals surface area contributed by atoms with E-state index in [2.05, 4.69) is 15.8 Å². The number of halogens is 2. The lowest BCUT2D eigenvalue weighted by molar-refractivity contribution is -0.384. The van der Waals surface area contributed by atoms with E-state index >= 15 is 0 Å². The third-order valence-electron chi connectivity index (χ3n) is 3.72. The van der Waals surface area contributed by atoms with Gasteiger partial charge in [0.15, 0.2) is 6.61 Å². The summed E-state index contributed by atoms with van der Waals surface area (Å²) >= 11 is 11.7. The van der Waals surface area contributed by atoms with Crippen molar-refractivity contribution in [1.82, 2.24) is 5.43 Å². The topological polar surface area (TPSA) is 132 Å². The number of hydrogen-bond acceptors (Lipinski definition) is 7. The molecule has 0 unspecified atom stereocenters. The second-order valence-electron chi connectivity index (χ2n) is 6.11. The Hall–Kier alpha value is -3.37. The number of nitro benzene ring substituents is 1. The molecule has 0 spiro atoms. The fourth-order valence-electron chi connectivity index (χ4n) is 2.29. The van der Waals surface area contributed by atoms with E-state index in [1.54, 1.807) is 6.07 Å². The Morgan fingerprint density at radius 2 is 1.90 bits per heavy atom. The zero-order chi connectivity index (χ0) is 23.0. The standard InChI is InChI=1S/C19H18Cl2N4O6/c1-11(23-24-19(27)10-31-17-6-3-12(20)8-14(17)21)7-18(26)22-15-5-4-13(30-2)9-16(15)25(28)29/h3-6,8-9H,7,10H2,1-2H3,(H,22,26)(H,24,27)/b23-11+. The summed E-state index contributed by atoms with van der Waals surface area (Å²) in [6.45, 7) is 1.15. The van der Waals surface area contributed by atoms with Crippen molar-refractivity contribution in [3.8, 4) is 11.5 Å². The van der Waals surface area contributed by atoms with Crippen molar-refractivity contribution in [2.24, 2.45) is 5.10 Å². The van der Waals surface area contributed by atoms with Crippen LogP contribution in [0.3, 0.4) is 0 Å². The van der Waals surface area contributed by atoms with Crippen LogP contribution in [0.25, 0.3) is 0 Å². The van der Waals surface area contributed by atoms with E-state index in [1.807, 2.05) is 0 Å². The van der Waals surface area contributed by atoms with Crippen LogP contribution in [-0.2, 0) is 9.59 Å². The highest BCUT2D eigenvalue weighted by Crippen LogP contribution is 2.29. The maximum absolute atomic E-state index is 12.2. The van der Waals surface area contributed by atoms with E-state index in [1.165, 1.54) is 44.4 Å². The van der Waals surface area contributed by atoms with Gasteiger partial charge >= 0.3 is 0 Å². The molecule has 0 saturated carbocycles. The van der Waals surface area contributed by atoms with Gasteiger partial charge in [0.25, 0.3) is 11.6 Å². The molecule has 2 rings (SSSR count). The molecule has 0 atom stereocenters. The number of rotatable bonds is 9. The lowest BCUT2D eigenvalue weighted by Crippen LogP contribution is -2.26. The molecule has 31 heavy (non-hydrogen) atoms. The number of nitrogens with zero attached hydrogens (tertiary/aromatic N) is 2. The van der Waals surface area contributed by atoms with Crippen molar-refractivity contribution in [2.45, 2.75) is 13.3 Å². The van der Waals surface area contributed by atoms with Gasteiger partial charge in [0.05, 0.1) is 29.5 Å². The lowest BCUT2D eigenvalue weighted by Gasteiger charge is -2.08. The predicted molar refractivity (Wildman–Crippen MR) is 116 cm³/mol. The molecule has 0 aliphatic rings. The lowest BCUT2D eigenvalue weighted by atomic mass is 10.2. The van der Waals surface area contributed by atoms with Crippen LogP contribution in [0.15, 0.2) is 41.5 Å². The van der Waals surface area contributed by atoms with Crippen LogP contribution in [0.4, 0.5) is 11.4 Å². The summed E-state index contributed by atoms with van der Waals surface area (Å²) in [5, 5.41) is 18.1. The molecule has 164 valence electrons. The molecule has 2 amide bonds. The first-order valence-electron chi connectivity index (χ1n) is 8.71. The van der Waals surface area contributed by atoms with Gasteiger partial charge in [-0.3, -0.25) is 19.7 Å². The Bertz CT molecular complexity index is 1030. The first-order chi connectivity index (χ1) is 14.7. The zero-order valence-corrected chi connectivity index (χ0v) is 18.0. The number of anilines is 1. The van der Waals surface area contributed by atoms with Crippen molar-refractivity contribution in [2.75, 3.05) is 19.0 Å². The molecule has 2 aromatic carbocycles. The van der Waals surface area contributed by atoms with Crippen molar-refractivity contribution in [3.05, 3.63) is 56.6 Å². The molecule has 0 aliphatic carbocycles. The summed E-state index contributed by atoms with van der Waals surface area (Å²) in [5.74, 6) is -0.556. The molecule has 0 fully saturated rings. The summed E-state index contributed by atoms with van der Waals surface area (Å²) in [6.07, 6.45) is -0.201. The maximum Gasteiger partial charge on any atom is 0.296 e. The smallest absolute Gasteiger partial charge is 0.296 e. The molecule has 0 saturated heterocycles. The molecule has 0 bridgehead atoms. The third kappa shape index (κ3) is 7.43. The van der Waals surface area contributed by atoms with E-state index in [-0.39, 0.29) is 46.6 Å². The first-order valence-corrected chi connectivity index (χ1v) is 9.47. The van der Waals surface area contributed by atoms with Crippen LogP contribution in [0.1, 0.15) is 13.3 Å². The van der Waals surface area contributed by atoms with E-state index in [0.29, 0.717) is 5.02 Å². The Kier molecular flexibility index (Phi) is 8.59. The van der Waals surface area contributed by atoms with Gasteiger partial charge in [-0.25, -0.2) is 5.43 Å². The Morgan fingerprint density at radius 3 is 2.55 bits per heavy atom. The first kappa shape index (κ1) is 23.9. The average Bonchev–Trinajstić information content (AvgIpc) is 2.71. The molecule has 2 N–H and O–H groups in total. The summed E-state index contributed by atoms with van der Waals surface area (Å²) in [4.78, 5) is 34.6. The van der Waals surface area contributed by atoms with Crippen molar-refractivity contribution in [3.63, 3.8) is 0 Å². The molecule has 10 nitrogen and oxygen atoms in total. The number of carbonyl (C=O) groups excluding carboxylic acids is 2. The van der Waals surface area contributed by atoms with Gasteiger partial charge < -0.3 is 14.8 Å². The molecule has 0 radical (unpaired) electrons. The molecule has 12 heteroatoms. The van der Waals surface area contributed by atoms with E-state index < -0.39 is 16.7 Å². The van der Waals surface area contributed by atoms with Crippen LogP contribution < -0.4 is 20.2 Å². The number of nitrogens with one attached hydrogen (secondary N) is 2. The highest BCUT2D eigenvalue weighted by Gasteiger charge is 2.17. The van der Waals surface area contributed by atoms with E-state index in [9.17, 15) is 19.7 Å². The number of hydrogen-bond donors (Lipinski definition) is 2. The Morgan fingerprint density at radius 1 is 1.16 bits per heavy atom. The van der Waals surface area contributed by atoms with Gasteiger partial charge in [0, 0.05) is 10.7 Å². The largest absolute Gasteiger partial charge is 0.496 e. The molecule has 0 aliphatic heterocycles. The number of amides is 2. The number of hydrazone groups is 1. The summed E-state index contributed by atoms with van der Waals surface area (Å²) < 4.78 is 10.2. The average molecular weight is 469 g/mol. The third-order valence-corrected chi connectivity index (χ3v) is 4.25. The zero-order valence-electron chi connectivity index (χ0n) is 16.5. The predicted octanol–water partition coefficient (Wildman–Crippen LogP) is 3.81. The highest BCUT2D eigenvalue weighted by atomic mass is 35.5. The fraction of sp³-hybridized carbons (Fsp3) is 0.211. The Labute approximate surface area is 187 Å². The maximum atomic E-state index is 12.2. The van der Waals surface area contributed by atoms with Gasteiger partial charge in [-0.05, 0) is 37.3 Å². The van der Waals surface area contributed by atoms with Crippen LogP contribution in [0.2, 0.25) is 10.0 Å². The van der Waals surface area contributed by atoms with Gasteiger partial charge in [-0.1, -0.05) is 23.2 Å². The SMILES string of the molecule is COc1ccc(NC(=O)C/C(C)=N/NC(=O)COc2ccc(Cl)cc2Cl)c([N+](=O)[O-])c1. The molecule has 2 aromatic rings. The molecular formula is C19H18Cl2N4O6. The highest BCUT2D eigenvalue weighted by molar-refractivity contribution is 6.35. The van der Waals surface area contributed by atoms with Crippen molar-refractivity contribution < 1.29 is 24.0 Å². The number of methoxy groups -OCH3 is 1. The van der Waals surface area contributed by atoms with Crippen LogP contribution in [-0.4, -0.2) is 36.2 Å². The summed E-state index contributed by atoms with van der Waals surface area (Å²) in [5.41, 5.74) is 2.22. The number of nitro groups is 1. The van der Waals surface area contributed by atoms with Crippen molar-refractivity contribution in [1.29, 1.82) is 0 Å². The second kappa shape index (κ2) is 11.1.